The topological polar surface area (TPSA) is 237 Å². The highest BCUT2D eigenvalue weighted by Gasteiger charge is 2.30. The highest BCUT2D eigenvalue weighted by Crippen LogP contribution is 2.45. The standard InChI is InChI=1S/C64H124O17P2/c1-54(2)40-32-24-16-12-10-9-11-13-19-30-38-46-63(68)80-59(50-74-61(66)44-36-28-20-14-17-25-33-41-55(3)4)52-78-82(70,71)76-48-58(65)49-77-83(72,73)79-53-60(51-75-62(67)45-37-29-23-22-27-35-43-57(7)8)81-64(69)47-39-31-21-15-18-26-34-42-56(5)6/h54-60,65H,9-53H2,1-8H3,(H,70,71)(H,72,73)/t58-,59-,60-/m1/s1. The molecule has 0 amide bonds. The van der Waals surface area contributed by atoms with E-state index < -0.39 is 97.5 Å². The molecule has 2 unspecified atom stereocenters. The number of aliphatic hydroxyl groups is 1. The van der Waals surface area contributed by atoms with Crippen LogP contribution in [0.25, 0.3) is 0 Å². The number of aliphatic hydroxyl groups excluding tert-OH is 1. The largest absolute Gasteiger partial charge is 0.472 e. The van der Waals surface area contributed by atoms with Gasteiger partial charge < -0.3 is 33.8 Å². The third kappa shape index (κ3) is 58.8. The van der Waals surface area contributed by atoms with Gasteiger partial charge in [0, 0.05) is 25.7 Å². The number of carbonyl (C=O) groups is 4. The van der Waals surface area contributed by atoms with Gasteiger partial charge in [0.15, 0.2) is 12.2 Å². The first-order chi connectivity index (χ1) is 39.6. The molecule has 0 aliphatic heterocycles. The van der Waals surface area contributed by atoms with Crippen molar-refractivity contribution in [3.8, 4) is 0 Å². The number of ether oxygens (including phenoxy) is 4. The van der Waals surface area contributed by atoms with Crippen molar-refractivity contribution in [3.05, 3.63) is 0 Å². The number of carbonyl (C=O) groups excluding carboxylic acids is 4. The summed E-state index contributed by atoms with van der Waals surface area (Å²) in [6, 6.07) is 0. The maximum atomic E-state index is 13.0. The van der Waals surface area contributed by atoms with Gasteiger partial charge in [0.25, 0.3) is 0 Å². The number of phosphoric acid groups is 2. The second kappa shape index (κ2) is 54.2. The average Bonchev–Trinajstić information content (AvgIpc) is 3.43. The molecule has 492 valence electrons. The summed E-state index contributed by atoms with van der Waals surface area (Å²) in [6.45, 7) is 13.9. The summed E-state index contributed by atoms with van der Waals surface area (Å²) in [5.74, 6) is 0.703. The van der Waals surface area contributed by atoms with Gasteiger partial charge >= 0.3 is 39.5 Å². The molecule has 0 aliphatic carbocycles. The number of hydrogen-bond donors (Lipinski definition) is 3. The molecule has 17 nitrogen and oxygen atoms in total. The Kier molecular flexibility index (Phi) is 53.0. The summed E-state index contributed by atoms with van der Waals surface area (Å²) in [5, 5.41) is 10.5. The lowest BCUT2D eigenvalue weighted by Crippen LogP contribution is -2.30. The normalized spacial score (nSPS) is 14.4. The van der Waals surface area contributed by atoms with Crippen LogP contribution >= 0.6 is 15.6 Å². The van der Waals surface area contributed by atoms with Gasteiger partial charge in [-0.2, -0.15) is 0 Å². The highest BCUT2D eigenvalue weighted by atomic mass is 31.2. The molecule has 0 aromatic carbocycles. The Morgan fingerprint density at radius 2 is 0.506 bits per heavy atom. The van der Waals surface area contributed by atoms with Crippen LogP contribution in [-0.2, 0) is 65.4 Å². The molecule has 0 spiro atoms. The molecular weight excluding hydrogens is 1100 g/mol. The Balaban J connectivity index is 5.24. The zero-order valence-electron chi connectivity index (χ0n) is 53.8. The Morgan fingerprint density at radius 1 is 0.301 bits per heavy atom. The molecule has 0 aromatic heterocycles. The van der Waals surface area contributed by atoms with Gasteiger partial charge in [-0.25, -0.2) is 9.13 Å². The fourth-order valence-corrected chi connectivity index (χ4v) is 11.0. The van der Waals surface area contributed by atoms with E-state index in [1.807, 2.05) is 0 Å². The van der Waals surface area contributed by atoms with E-state index in [-0.39, 0.29) is 25.7 Å². The van der Waals surface area contributed by atoms with E-state index in [9.17, 15) is 43.2 Å². The minimum Gasteiger partial charge on any atom is -0.462 e. The van der Waals surface area contributed by atoms with Crippen molar-refractivity contribution < 1.29 is 80.2 Å². The first-order valence-electron chi connectivity index (χ1n) is 33.2. The summed E-state index contributed by atoms with van der Waals surface area (Å²) in [7, 11) is -9.89. The van der Waals surface area contributed by atoms with Crippen LogP contribution in [0, 0.1) is 23.7 Å². The SMILES string of the molecule is CC(C)CCCCCCCCCCCCCC(=O)O[C@H](COC(=O)CCCCCCCCCC(C)C)COP(=O)(O)OC[C@@H](O)COP(=O)(O)OC[C@@H](COC(=O)CCCCCCCCC(C)C)OC(=O)CCCCCCCCCC(C)C. The zero-order valence-corrected chi connectivity index (χ0v) is 55.6. The second-order valence-electron chi connectivity index (χ2n) is 25.1. The second-order valence-corrected chi connectivity index (χ2v) is 28.0. The van der Waals surface area contributed by atoms with Crippen molar-refractivity contribution in [3.63, 3.8) is 0 Å². The van der Waals surface area contributed by atoms with Crippen molar-refractivity contribution in [2.45, 2.75) is 324 Å². The summed E-state index contributed by atoms with van der Waals surface area (Å²) in [4.78, 5) is 72.2. The van der Waals surface area contributed by atoms with Crippen LogP contribution in [0.2, 0.25) is 0 Å². The molecular formula is C64H124O17P2. The number of esters is 4. The van der Waals surface area contributed by atoms with Gasteiger partial charge in [-0.15, -0.1) is 0 Å². The molecule has 0 rings (SSSR count). The molecule has 0 heterocycles. The minimum absolute atomic E-state index is 0.102. The highest BCUT2D eigenvalue weighted by molar-refractivity contribution is 7.47. The smallest absolute Gasteiger partial charge is 0.462 e. The number of phosphoric ester groups is 2. The molecule has 0 radical (unpaired) electrons. The van der Waals surface area contributed by atoms with Crippen LogP contribution < -0.4 is 0 Å². The van der Waals surface area contributed by atoms with Crippen LogP contribution in [0.3, 0.4) is 0 Å². The molecule has 0 saturated carbocycles. The average molecular weight is 1230 g/mol. The predicted octanol–water partition coefficient (Wildman–Crippen LogP) is 17.4. The number of hydrogen-bond acceptors (Lipinski definition) is 15. The Morgan fingerprint density at radius 3 is 0.747 bits per heavy atom. The van der Waals surface area contributed by atoms with E-state index in [2.05, 4.69) is 55.4 Å². The van der Waals surface area contributed by atoms with E-state index in [0.717, 1.165) is 109 Å². The van der Waals surface area contributed by atoms with Crippen molar-refractivity contribution >= 4 is 39.5 Å². The van der Waals surface area contributed by atoms with Crippen molar-refractivity contribution in [1.29, 1.82) is 0 Å². The molecule has 83 heavy (non-hydrogen) atoms. The Bertz CT molecular complexity index is 1660. The third-order valence-corrected chi connectivity index (χ3v) is 16.5. The monoisotopic (exact) mass is 1230 g/mol. The fourth-order valence-electron chi connectivity index (χ4n) is 9.43. The summed E-state index contributed by atoms with van der Waals surface area (Å²) < 4.78 is 67.9. The van der Waals surface area contributed by atoms with E-state index in [4.69, 9.17) is 37.0 Å². The lowest BCUT2D eigenvalue weighted by Gasteiger charge is -2.21. The van der Waals surface area contributed by atoms with E-state index in [0.29, 0.717) is 43.4 Å². The first kappa shape index (κ1) is 81.1. The molecule has 0 aliphatic rings. The molecule has 19 heteroatoms. The minimum atomic E-state index is -4.95. The van der Waals surface area contributed by atoms with Gasteiger partial charge in [-0.1, -0.05) is 254 Å². The maximum absolute atomic E-state index is 13.0. The van der Waals surface area contributed by atoms with E-state index in [1.54, 1.807) is 0 Å². The van der Waals surface area contributed by atoms with Crippen LogP contribution in [0.5, 0.6) is 0 Å². The summed E-state index contributed by atoms with van der Waals surface area (Å²) >= 11 is 0. The van der Waals surface area contributed by atoms with E-state index in [1.165, 1.54) is 96.3 Å². The molecule has 0 aromatic rings. The van der Waals surface area contributed by atoms with Gasteiger partial charge in [0.05, 0.1) is 26.4 Å². The summed E-state index contributed by atoms with van der Waals surface area (Å²) in [5.41, 5.74) is 0. The van der Waals surface area contributed by atoms with Gasteiger partial charge in [-0.05, 0) is 49.4 Å². The number of rotatable bonds is 61. The quantitative estimate of drug-likeness (QED) is 0.0222. The molecule has 5 atom stereocenters. The third-order valence-electron chi connectivity index (χ3n) is 14.6. The summed E-state index contributed by atoms with van der Waals surface area (Å²) in [6.07, 6.45) is 33.8. The van der Waals surface area contributed by atoms with E-state index >= 15 is 0 Å². The fraction of sp³-hybridized carbons (Fsp3) is 0.938. The van der Waals surface area contributed by atoms with Gasteiger partial charge in [0.1, 0.15) is 19.3 Å². The lowest BCUT2D eigenvalue weighted by atomic mass is 10.0. The number of unbranched alkanes of at least 4 members (excludes halogenated alkanes) is 27. The first-order valence-corrected chi connectivity index (χ1v) is 36.2. The van der Waals surface area contributed by atoms with Crippen LogP contribution in [0.4, 0.5) is 0 Å². The predicted molar refractivity (Wildman–Crippen MR) is 331 cm³/mol. The zero-order chi connectivity index (χ0) is 61.8. The molecule has 0 bridgehead atoms. The Labute approximate surface area is 505 Å². The van der Waals surface area contributed by atoms with Crippen molar-refractivity contribution in [1.82, 2.24) is 0 Å². The van der Waals surface area contributed by atoms with Crippen LogP contribution in [0.15, 0.2) is 0 Å². The van der Waals surface area contributed by atoms with Crippen molar-refractivity contribution in [2.75, 3.05) is 39.6 Å². The van der Waals surface area contributed by atoms with Crippen LogP contribution in [0.1, 0.15) is 306 Å². The molecule has 3 N–H and O–H groups in total. The van der Waals surface area contributed by atoms with Gasteiger partial charge in [0.2, 0.25) is 0 Å². The van der Waals surface area contributed by atoms with Crippen molar-refractivity contribution in [2.24, 2.45) is 23.7 Å². The van der Waals surface area contributed by atoms with Crippen LogP contribution in [-0.4, -0.2) is 96.7 Å². The van der Waals surface area contributed by atoms with Gasteiger partial charge in [-0.3, -0.25) is 37.3 Å². The lowest BCUT2D eigenvalue weighted by molar-refractivity contribution is -0.161. The Hall–Kier alpha value is -1.94. The molecule has 0 fully saturated rings. The molecule has 0 saturated heterocycles. The maximum Gasteiger partial charge on any atom is 0.472 e.